The highest BCUT2D eigenvalue weighted by Crippen LogP contribution is 2.35. The van der Waals surface area contributed by atoms with E-state index in [4.69, 9.17) is 14.2 Å². The van der Waals surface area contributed by atoms with E-state index < -0.39 is 41.0 Å². The fourth-order valence-electron chi connectivity index (χ4n) is 3.37. The average molecular weight is 441 g/mol. The predicted molar refractivity (Wildman–Crippen MR) is 119 cm³/mol. The molecule has 0 aromatic heterocycles. The fourth-order valence-corrected chi connectivity index (χ4v) is 3.37. The molecule has 0 unspecified atom stereocenters. The van der Waals surface area contributed by atoms with E-state index in [-0.39, 0.29) is 18.5 Å². The Labute approximate surface area is 186 Å². The molecule has 8 nitrogen and oxygen atoms in total. The van der Waals surface area contributed by atoms with Crippen molar-refractivity contribution in [1.29, 1.82) is 0 Å². The predicted octanol–water partition coefficient (Wildman–Crippen LogP) is 4.42. The summed E-state index contributed by atoms with van der Waals surface area (Å²) in [6.45, 7) is 20.2. The number of nitrogens with one attached hydrogen (secondary N) is 1. The van der Waals surface area contributed by atoms with Crippen molar-refractivity contribution >= 4 is 18.2 Å². The third-order valence-electron chi connectivity index (χ3n) is 4.38. The minimum Gasteiger partial charge on any atom is -0.458 e. The zero-order chi connectivity index (χ0) is 24.2. The van der Waals surface area contributed by atoms with Crippen molar-refractivity contribution in [2.75, 3.05) is 6.54 Å². The van der Waals surface area contributed by atoms with Gasteiger partial charge in [-0.3, -0.25) is 4.90 Å². The van der Waals surface area contributed by atoms with Crippen LogP contribution in [0.25, 0.3) is 0 Å². The number of hydrogen-bond donors (Lipinski definition) is 1. The highest BCUT2D eigenvalue weighted by atomic mass is 16.6. The lowest BCUT2D eigenvalue weighted by Gasteiger charge is -2.33. The highest BCUT2D eigenvalue weighted by Gasteiger charge is 2.48. The number of amides is 2. The van der Waals surface area contributed by atoms with Gasteiger partial charge >= 0.3 is 18.2 Å². The highest BCUT2D eigenvalue weighted by molar-refractivity contribution is 5.83. The van der Waals surface area contributed by atoms with E-state index in [0.29, 0.717) is 12.8 Å². The van der Waals surface area contributed by atoms with Gasteiger partial charge in [0.25, 0.3) is 0 Å². The Bertz CT molecular complexity index is 669. The summed E-state index contributed by atoms with van der Waals surface area (Å²) in [6.07, 6.45) is 1.41. The summed E-state index contributed by atoms with van der Waals surface area (Å²) >= 11 is 0. The molecule has 1 N–H and O–H groups in total. The minimum atomic E-state index is -0.788. The number of carbonyl (C=O) groups is 3. The number of ether oxygens (including phenoxy) is 3. The molecule has 31 heavy (non-hydrogen) atoms. The van der Waals surface area contributed by atoms with Crippen molar-refractivity contribution in [1.82, 2.24) is 10.2 Å². The summed E-state index contributed by atoms with van der Waals surface area (Å²) in [4.78, 5) is 39.4. The van der Waals surface area contributed by atoms with Crippen molar-refractivity contribution in [3.05, 3.63) is 12.7 Å². The Balaban J connectivity index is 3.04. The van der Waals surface area contributed by atoms with E-state index in [9.17, 15) is 14.4 Å². The van der Waals surface area contributed by atoms with Gasteiger partial charge in [-0.2, -0.15) is 0 Å². The third kappa shape index (κ3) is 9.19. The van der Waals surface area contributed by atoms with Crippen LogP contribution in [0.1, 0.15) is 75.2 Å². The second-order valence-electron chi connectivity index (χ2n) is 10.9. The van der Waals surface area contributed by atoms with Crippen molar-refractivity contribution in [2.45, 2.75) is 104 Å². The molecule has 178 valence electrons. The van der Waals surface area contributed by atoms with Crippen LogP contribution in [0.4, 0.5) is 9.59 Å². The Hall–Kier alpha value is -2.25. The van der Waals surface area contributed by atoms with E-state index in [1.807, 2.05) is 0 Å². The molecule has 0 bridgehead atoms. The number of carbonyl (C=O) groups excluding carboxylic acids is 3. The molecule has 1 fully saturated rings. The second kappa shape index (κ2) is 9.92. The molecule has 0 aromatic rings. The summed E-state index contributed by atoms with van der Waals surface area (Å²) in [5, 5.41) is 2.71. The Kier molecular flexibility index (Phi) is 8.57. The van der Waals surface area contributed by atoms with Crippen LogP contribution in [0.2, 0.25) is 0 Å². The van der Waals surface area contributed by atoms with Gasteiger partial charge in [0.15, 0.2) is 0 Å². The summed E-state index contributed by atoms with van der Waals surface area (Å²) in [7, 11) is 0. The molecular weight excluding hydrogens is 400 g/mol. The lowest BCUT2D eigenvalue weighted by Crippen LogP contribution is -2.50. The quantitative estimate of drug-likeness (QED) is 0.386. The van der Waals surface area contributed by atoms with Gasteiger partial charge in [0.2, 0.25) is 0 Å². The van der Waals surface area contributed by atoms with Crippen LogP contribution in [-0.4, -0.2) is 58.5 Å². The SMILES string of the molecule is C=C[C@@H]1C[C@H](C(=O)OC(C)(C)C)N(C(=O)OC(C)(C)C)[C@@H]1CCNC(=O)OC(C)(C)C. The van der Waals surface area contributed by atoms with Crippen molar-refractivity contribution in [3.63, 3.8) is 0 Å². The van der Waals surface area contributed by atoms with Gasteiger partial charge in [-0.15, -0.1) is 6.58 Å². The number of hydrogen-bond acceptors (Lipinski definition) is 6. The third-order valence-corrected chi connectivity index (χ3v) is 4.38. The first kappa shape index (κ1) is 26.8. The maximum absolute atomic E-state index is 13.0. The van der Waals surface area contributed by atoms with Crippen LogP contribution < -0.4 is 5.32 Å². The summed E-state index contributed by atoms with van der Waals surface area (Å²) in [5.41, 5.74) is -2.01. The normalized spacial score (nSPS) is 22.0. The fraction of sp³-hybridized carbons (Fsp3) is 0.783. The zero-order valence-electron chi connectivity index (χ0n) is 20.5. The average Bonchev–Trinajstić information content (AvgIpc) is 2.88. The molecule has 2 amide bonds. The molecule has 8 heteroatoms. The van der Waals surface area contributed by atoms with Crippen LogP contribution in [0.3, 0.4) is 0 Å². The molecule has 0 aromatic carbocycles. The molecule has 1 aliphatic heterocycles. The van der Waals surface area contributed by atoms with Gasteiger partial charge in [-0.05, 0) is 81.1 Å². The first-order chi connectivity index (χ1) is 13.9. The molecule has 0 radical (unpaired) electrons. The maximum Gasteiger partial charge on any atom is 0.411 e. The van der Waals surface area contributed by atoms with Crippen LogP contribution in [0.5, 0.6) is 0 Å². The zero-order valence-corrected chi connectivity index (χ0v) is 20.5. The van der Waals surface area contributed by atoms with Crippen molar-refractivity contribution in [3.8, 4) is 0 Å². The molecule has 0 saturated carbocycles. The van der Waals surface area contributed by atoms with Gasteiger partial charge in [-0.25, -0.2) is 14.4 Å². The first-order valence-corrected chi connectivity index (χ1v) is 10.8. The van der Waals surface area contributed by atoms with E-state index in [1.54, 1.807) is 68.4 Å². The van der Waals surface area contributed by atoms with Gasteiger partial charge < -0.3 is 19.5 Å². The topological polar surface area (TPSA) is 94.2 Å². The standard InChI is InChI=1S/C23H40N2O6/c1-11-15-14-17(18(26)29-21(2,3)4)25(20(28)31-23(8,9)10)16(15)12-13-24-19(27)30-22(5,6)7/h11,15-17H,1,12-14H2,2-10H3,(H,24,27)/t15-,16-,17-/m1/s1. The van der Waals surface area contributed by atoms with Gasteiger partial charge in [0.1, 0.15) is 22.8 Å². The second-order valence-corrected chi connectivity index (χ2v) is 10.9. The number of alkyl carbamates (subject to hydrolysis) is 1. The van der Waals surface area contributed by atoms with Crippen LogP contribution in [0, 0.1) is 5.92 Å². The number of likely N-dealkylation sites (tertiary alicyclic amines) is 1. The van der Waals surface area contributed by atoms with Gasteiger partial charge in [0, 0.05) is 12.6 Å². The Morgan fingerprint density at radius 2 is 1.45 bits per heavy atom. The van der Waals surface area contributed by atoms with E-state index in [2.05, 4.69) is 11.9 Å². The van der Waals surface area contributed by atoms with Crippen LogP contribution in [0.15, 0.2) is 12.7 Å². The number of nitrogens with zero attached hydrogens (tertiary/aromatic N) is 1. The van der Waals surface area contributed by atoms with Crippen molar-refractivity contribution < 1.29 is 28.6 Å². The summed E-state index contributed by atoms with van der Waals surface area (Å²) in [5.74, 6) is -0.627. The van der Waals surface area contributed by atoms with Gasteiger partial charge in [-0.1, -0.05) is 6.08 Å². The van der Waals surface area contributed by atoms with Crippen LogP contribution in [-0.2, 0) is 19.0 Å². The summed E-state index contributed by atoms with van der Waals surface area (Å²) in [6, 6.07) is -1.16. The minimum absolute atomic E-state index is 0.148. The molecule has 1 aliphatic rings. The van der Waals surface area contributed by atoms with E-state index >= 15 is 0 Å². The molecule has 3 atom stereocenters. The van der Waals surface area contributed by atoms with E-state index in [1.165, 1.54) is 4.90 Å². The first-order valence-electron chi connectivity index (χ1n) is 10.8. The number of esters is 1. The lowest BCUT2D eigenvalue weighted by molar-refractivity contribution is -0.160. The lowest BCUT2D eigenvalue weighted by atomic mass is 9.96. The monoisotopic (exact) mass is 440 g/mol. The molecule has 1 rings (SSSR count). The van der Waals surface area contributed by atoms with Crippen LogP contribution >= 0.6 is 0 Å². The Morgan fingerprint density at radius 1 is 0.935 bits per heavy atom. The van der Waals surface area contributed by atoms with E-state index in [0.717, 1.165) is 0 Å². The molecule has 1 saturated heterocycles. The maximum atomic E-state index is 13.0. The number of rotatable bonds is 5. The molecule has 1 heterocycles. The largest absolute Gasteiger partial charge is 0.458 e. The summed E-state index contributed by atoms with van der Waals surface area (Å²) < 4.78 is 16.4. The smallest absolute Gasteiger partial charge is 0.411 e. The Morgan fingerprint density at radius 3 is 1.90 bits per heavy atom. The molecular formula is C23H40N2O6. The molecule has 0 spiro atoms. The van der Waals surface area contributed by atoms with Gasteiger partial charge in [0.05, 0.1) is 0 Å². The van der Waals surface area contributed by atoms with Crippen molar-refractivity contribution in [2.24, 2.45) is 5.92 Å². The molecule has 0 aliphatic carbocycles.